The van der Waals surface area contributed by atoms with E-state index in [4.69, 9.17) is 0 Å². The van der Waals surface area contributed by atoms with Gasteiger partial charge in [-0.25, -0.2) is 0 Å². The van der Waals surface area contributed by atoms with Crippen LogP contribution in [0.15, 0.2) is 41.4 Å². The van der Waals surface area contributed by atoms with Gasteiger partial charge in [0.2, 0.25) is 5.91 Å². The van der Waals surface area contributed by atoms with Gasteiger partial charge in [0.05, 0.1) is 12.5 Å². The van der Waals surface area contributed by atoms with Crippen LogP contribution in [0, 0.1) is 0 Å². The second-order valence-electron chi connectivity index (χ2n) is 4.12. The molecule has 0 bridgehead atoms. The lowest BCUT2D eigenvalue weighted by atomic mass is 10.1. The number of pyridine rings is 1. The summed E-state index contributed by atoms with van der Waals surface area (Å²) in [5.74, 6) is 0.0667. The molecule has 0 saturated carbocycles. The molecule has 3 nitrogen and oxygen atoms in total. The lowest BCUT2D eigenvalue weighted by molar-refractivity contribution is -0.121. The number of amides is 1. The average Bonchev–Trinajstić information content (AvgIpc) is 2.90. The number of carbonyl (C=O) groups excluding carboxylic acids is 1. The van der Waals surface area contributed by atoms with Gasteiger partial charge in [-0.15, -0.1) is 0 Å². The fourth-order valence-electron chi connectivity index (χ4n) is 1.84. The first-order valence-corrected chi connectivity index (χ1v) is 6.94. The number of hydrogen-bond acceptors (Lipinski definition) is 3. The fourth-order valence-corrected chi connectivity index (χ4v) is 2.51. The predicted octanol–water partition coefficient (Wildman–Crippen LogP) is 2.95. The number of aromatic nitrogens is 1. The van der Waals surface area contributed by atoms with E-state index in [2.05, 4.69) is 17.2 Å². The smallest absolute Gasteiger partial charge is 0.224 e. The molecule has 0 radical (unpaired) electrons. The van der Waals surface area contributed by atoms with Crippen molar-refractivity contribution < 1.29 is 4.79 Å². The number of rotatable bonds is 5. The Labute approximate surface area is 111 Å². The zero-order valence-electron chi connectivity index (χ0n) is 10.3. The molecule has 0 spiro atoms. The van der Waals surface area contributed by atoms with E-state index in [1.165, 1.54) is 0 Å². The molecule has 0 aliphatic rings. The maximum absolute atomic E-state index is 11.9. The van der Waals surface area contributed by atoms with E-state index < -0.39 is 0 Å². The van der Waals surface area contributed by atoms with Gasteiger partial charge in [0, 0.05) is 12.4 Å². The maximum atomic E-state index is 11.9. The van der Waals surface area contributed by atoms with Crippen molar-refractivity contribution in [1.82, 2.24) is 10.3 Å². The Morgan fingerprint density at radius 3 is 2.78 bits per heavy atom. The second-order valence-corrected chi connectivity index (χ2v) is 4.90. The predicted molar refractivity (Wildman–Crippen MR) is 73.4 cm³/mol. The van der Waals surface area contributed by atoms with Crippen LogP contribution in [0.1, 0.15) is 30.5 Å². The summed E-state index contributed by atoms with van der Waals surface area (Å²) in [5.41, 5.74) is 2.17. The summed E-state index contributed by atoms with van der Waals surface area (Å²) in [6.07, 6.45) is 4.83. The van der Waals surface area contributed by atoms with Crippen LogP contribution in [0.5, 0.6) is 0 Å². The van der Waals surface area contributed by atoms with E-state index in [0.29, 0.717) is 6.42 Å². The molecule has 94 valence electrons. The molecule has 18 heavy (non-hydrogen) atoms. The van der Waals surface area contributed by atoms with Gasteiger partial charge in [-0.2, -0.15) is 11.3 Å². The normalized spacial score (nSPS) is 12.1. The minimum Gasteiger partial charge on any atom is -0.349 e. The van der Waals surface area contributed by atoms with E-state index in [1.807, 2.05) is 29.0 Å². The van der Waals surface area contributed by atoms with Gasteiger partial charge in [-0.3, -0.25) is 9.78 Å². The third-order valence-corrected chi connectivity index (χ3v) is 3.53. The number of hydrogen-bond donors (Lipinski definition) is 1. The van der Waals surface area contributed by atoms with Crippen molar-refractivity contribution in [3.63, 3.8) is 0 Å². The van der Waals surface area contributed by atoms with Gasteiger partial charge in [0.25, 0.3) is 0 Å². The summed E-state index contributed by atoms with van der Waals surface area (Å²) in [5, 5.41) is 7.05. The topological polar surface area (TPSA) is 42.0 Å². The minimum absolute atomic E-state index is 0.0667. The standard InChI is InChI=1S/C14H16N2OS/c1-2-13(12-3-6-15-7-4-12)16-14(17)9-11-5-8-18-10-11/h3-8,10,13H,2,9H2,1H3,(H,16,17)/t13-/m1/s1. The first-order chi connectivity index (χ1) is 8.79. The van der Waals surface area contributed by atoms with Crippen LogP contribution >= 0.6 is 11.3 Å². The van der Waals surface area contributed by atoms with E-state index in [1.54, 1.807) is 23.7 Å². The van der Waals surface area contributed by atoms with Crippen molar-refractivity contribution in [2.45, 2.75) is 25.8 Å². The van der Waals surface area contributed by atoms with Gasteiger partial charge >= 0.3 is 0 Å². The second kappa shape index (κ2) is 6.31. The molecule has 2 aromatic heterocycles. The van der Waals surface area contributed by atoms with E-state index in [0.717, 1.165) is 17.5 Å². The lowest BCUT2D eigenvalue weighted by Crippen LogP contribution is -2.29. The highest BCUT2D eigenvalue weighted by atomic mass is 32.1. The minimum atomic E-state index is 0.0667. The van der Waals surface area contributed by atoms with Crippen LogP contribution in [-0.2, 0) is 11.2 Å². The summed E-state index contributed by atoms with van der Waals surface area (Å²) in [6, 6.07) is 5.94. The molecule has 0 aliphatic carbocycles. The Bertz CT molecular complexity index is 482. The van der Waals surface area contributed by atoms with Crippen LogP contribution in [0.4, 0.5) is 0 Å². The van der Waals surface area contributed by atoms with Gasteiger partial charge in [-0.1, -0.05) is 6.92 Å². The molecule has 2 aromatic rings. The van der Waals surface area contributed by atoms with Crippen LogP contribution < -0.4 is 5.32 Å². The SMILES string of the molecule is CC[C@@H](NC(=O)Cc1ccsc1)c1ccncc1. The summed E-state index contributed by atoms with van der Waals surface area (Å²) in [4.78, 5) is 15.9. The molecular weight excluding hydrogens is 244 g/mol. The summed E-state index contributed by atoms with van der Waals surface area (Å²) in [7, 11) is 0. The van der Waals surface area contributed by atoms with Gasteiger partial charge < -0.3 is 5.32 Å². The largest absolute Gasteiger partial charge is 0.349 e. The summed E-state index contributed by atoms with van der Waals surface area (Å²) in [6.45, 7) is 2.07. The Hall–Kier alpha value is -1.68. The monoisotopic (exact) mass is 260 g/mol. The van der Waals surface area contributed by atoms with Crippen molar-refractivity contribution in [2.75, 3.05) is 0 Å². The quantitative estimate of drug-likeness (QED) is 0.898. The summed E-state index contributed by atoms with van der Waals surface area (Å²) >= 11 is 1.61. The highest BCUT2D eigenvalue weighted by Gasteiger charge is 2.12. The van der Waals surface area contributed by atoms with E-state index in [9.17, 15) is 4.79 Å². The molecule has 0 saturated heterocycles. The highest BCUT2D eigenvalue weighted by Crippen LogP contribution is 2.15. The van der Waals surface area contributed by atoms with Crippen molar-refractivity contribution in [3.8, 4) is 0 Å². The Balaban J connectivity index is 1.96. The van der Waals surface area contributed by atoms with Crippen LogP contribution in [0.25, 0.3) is 0 Å². The molecular formula is C14H16N2OS. The molecule has 0 aliphatic heterocycles. The van der Waals surface area contributed by atoms with Crippen LogP contribution in [0.2, 0.25) is 0 Å². The molecule has 2 heterocycles. The van der Waals surface area contributed by atoms with E-state index >= 15 is 0 Å². The molecule has 0 unspecified atom stereocenters. The van der Waals surface area contributed by atoms with Crippen LogP contribution in [-0.4, -0.2) is 10.9 Å². The number of nitrogens with zero attached hydrogens (tertiary/aromatic N) is 1. The van der Waals surface area contributed by atoms with Gasteiger partial charge in [-0.05, 0) is 46.5 Å². The summed E-state index contributed by atoms with van der Waals surface area (Å²) < 4.78 is 0. The molecule has 2 rings (SSSR count). The molecule has 1 N–H and O–H groups in total. The fraction of sp³-hybridized carbons (Fsp3) is 0.286. The number of nitrogens with one attached hydrogen (secondary N) is 1. The third-order valence-electron chi connectivity index (χ3n) is 2.80. The molecule has 0 aromatic carbocycles. The molecule has 4 heteroatoms. The Morgan fingerprint density at radius 2 is 2.17 bits per heavy atom. The van der Waals surface area contributed by atoms with Crippen molar-refractivity contribution >= 4 is 17.2 Å². The van der Waals surface area contributed by atoms with Crippen molar-refractivity contribution in [1.29, 1.82) is 0 Å². The van der Waals surface area contributed by atoms with Crippen LogP contribution in [0.3, 0.4) is 0 Å². The number of thiophene rings is 1. The average molecular weight is 260 g/mol. The molecule has 0 fully saturated rings. The first kappa shape index (κ1) is 12.8. The van der Waals surface area contributed by atoms with Gasteiger partial charge in [0.1, 0.15) is 0 Å². The third kappa shape index (κ3) is 3.40. The zero-order chi connectivity index (χ0) is 12.8. The Morgan fingerprint density at radius 1 is 1.39 bits per heavy atom. The number of carbonyl (C=O) groups is 1. The highest BCUT2D eigenvalue weighted by molar-refractivity contribution is 7.07. The van der Waals surface area contributed by atoms with E-state index in [-0.39, 0.29) is 11.9 Å². The molecule has 1 amide bonds. The maximum Gasteiger partial charge on any atom is 0.224 e. The van der Waals surface area contributed by atoms with Gasteiger partial charge in [0.15, 0.2) is 0 Å². The Kier molecular flexibility index (Phi) is 4.47. The van der Waals surface area contributed by atoms with Crippen molar-refractivity contribution in [3.05, 3.63) is 52.5 Å². The molecule has 1 atom stereocenters. The first-order valence-electron chi connectivity index (χ1n) is 6.00. The van der Waals surface area contributed by atoms with Crippen molar-refractivity contribution in [2.24, 2.45) is 0 Å². The zero-order valence-corrected chi connectivity index (χ0v) is 11.1. The lowest BCUT2D eigenvalue weighted by Gasteiger charge is -2.17.